The van der Waals surface area contributed by atoms with Crippen molar-refractivity contribution in [3.8, 4) is 11.5 Å². The second kappa shape index (κ2) is 9.07. The Morgan fingerprint density at radius 3 is 2.78 bits per heavy atom. The fourth-order valence-electron chi connectivity index (χ4n) is 4.31. The Morgan fingerprint density at radius 2 is 2.03 bits per heavy atom. The van der Waals surface area contributed by atoms with E-state index >= 15 is 0 Å². The molecule has 2 aromatic rings. The summed E-state index contributed by atoms with van der Waals surface area (Å²) in [7, 11) is 0. The molecule has 1 amide bonds. The first-order valence-corrected chi connectivity index (χ1v) is 11.2. The molecule has 0 aliphatic carbocycles. The van der Waals surface area contributed by atoms with Crippen molar-refractivity contribution in [2.24, 2.45) is 0 Å². The van der Waals surface area contributed by atoms with Crippen LogP contribution in [0.25, 0.3) is 5.76 Å². The topological polar surface area (TPSA) is 76.1 Å². The molecule has 1 unspecified atom stereocenters. The quantitative estimate of drug-likeness (QED) is 0.390. The summed E-state index contributed by atoms with van der Waals surface area (Å²) in [6.45, 7) is 6.96. The summed E-state index contributed by atoms with van der Waals surface area (Å²) in [6, 6.07) is 12.1. The molecule has 0 bridgehead atoms. The average molecular weight is 436 g/mol. The van der Waals surface area contributed by atoms with Crippen LogP contribution in [0.4, 0.5) is 0 Å². The van der Waals surface area contributed by atoms with Crippen LogP contribution in [-0.2, 0) is 16.0 Å². The third kappa shape index (κ3) is 4.09. The molecule has 4 rings (SSSR count). The van der Waals surface area contributed by atoms with Gasteiger partial charge in [-0.2, -0.15) is 0 Å². The lowest BCUT2D eigenvalue weighted by atomic mass is 9.94. The van der Waals surface area contributed by atoms with Gasteiger partial charge in [-0.1, -0.05) is 25.5 Å². The van der Waals surface area contributed by atoms with E-state index in [0.717, 1.165) is 36.1 Å². The Labute approximate surface area is 188 Å². The van der Waals surface area contributed by atoms with Crippen LogP contribution >= 0.6 is 0 Å². The van der Waals surface area contributed by atoms with Gasteiger partial charge in [0.25, 0.3) is 11.7 Å². The maximum atomic E-state index is 13.1. The molecule has 6 nitrogen and oxygen atoms in total. The Bertz CT molecular complexity index is 1070. The molecule has 2 aromatic carbocycles. The molecular weight excluding hydrogens is 406 g/mol. The summed E-state index contributed by atoms with van der Waals surface area (Å²) in [6.07, 6.45) is 2.39. The minimum Gasteiger partial charge on any atom is -0.507 e. The number of Topliss-reactive ketones (excluding diaryl/α,β-unsaturated/α-hetero) is 1. The van der Waals surface area contributed by atoms with E-state index in [1.165, 1.54) is 0 Å². The number of carbonyl (C=O) groups excluding carboxylic acids is 2. The number of unbranched alkanes of at least 4 members (excludes halogenated alkanes) is 1. The number of fused-ring (bicyclic) bond motifs is 1. The lowest BCUT2D eigenvalue weighted by Crippen LogP contribution is -2.30. The van der Waals surface area contributed by atoms with Crippen LogP contribution in [0.15, 0.2) is 48.0 Å². The van der Waals surface area contributed by atoms with Crippen molar-refractivity contribution in [2.75, 3.05) is 13.2 Å². The zero-order valence-electron chi connectivity index (χ0n) is 18.8. The van der Waals surface area contributed by atoms with E-state index in [9.17, 15) is 14.7 Å². The van der Waals surface area contributed by atoms with Crippen molar-refractivity contribution in [2.45, 2.75) is 52.2 Å². The molecular formula is C26H29NO5. The average Bonchev–Trinajstić information content (AvgIpc) is 3.34. The van der Waals surface area contributed by atoms with Gasteiger partial charge in [0.15, 0.2) is 0 Å². The minimum atomic E-state index is -0.665. The normalized spacial score (nSPS) is 19.4. The van der Waals surface area contributed by atoms with Gasteiger partial charge in [-0.15, -0.1) is 0 Å². The Hall–Kier alpha value is -3.28. The number of benzene rings is 2. The predicted molar refractivity (Wildman–Crippen MR) is 122 cm³/mol. The molecule has 0 radical (unpaired) electrons. The van der Waals surface area contributed by atoms with E-state index in [4.69, 9.17) is 9.47 Å². The van der Waals surface area contributed by atoms with Gasteiger partial charge in [0.05, 0.1) is 24.3 Å². The molecule has 2 aliphatic heterocycles. The second-order valence-corrected chi connectivity index (χ2v) is 8.51. The number of likely N-dealkylation sites (tertiary alicyclic amines) is 1. The van der Waals surface area contributed by atoms with Gasteiger partial charge in [-0.3, -0.25) is 9.59 Å². The molecule has 6 heteroatoms. The number of amides is 1. The summed E-state index contributed by atoms with van der Waals surface area (Å²) < 4.78 is 11.4. The third-order valence-electron chi connectivity index (χ3n) is 5.80. The third-order valence-corrected chi connectivity index (χ3v) is 5.80. The minimum absolute atomic E-state index is 0.00895. The van der Waals surface area contributed by atoms with Gasteiger partial charge in [-0.05, 0) is 61.7 Å². The van der Waals surface area contributed by atoms with Crippen molar-refractivity contribution in [1.82, 2.24) is 4.90 Å². The number of aliphatic hydroxyl groups excluding tert-OH is 1. The number of hydrogen-bond acceptors (Lipinski definition) is 5. The lowest BCUT2D eigenvalue weighted by Gasteiger charge is -2.25. The molecule has 32 heavy (non-hydrogen) atoms. The van der Waals surface area contributed by atoms with Gasteiger partial charge in [-0.25, -0.2) is 0 Å². The van der Waals surface area contributed by atoms with Crippen LogP contribution in [-0.4, -0.2) is 41.0 Å². The SMILES string of the molecule is CCCCN1C(=O)C(=O)/C(=C(\O)c2ccc3c(c2)CCO3)C1c1cccc(OC(C)C)c1. The Morgan fingerprint density at radius 1 is 1.22 bits per heavy atom. The number of carbonyl (C=O) groups is 2. The van der Waals surface area contributed by atoms with E-state index in [-0.39, 0.29) is 17.4 Å². The van der Waals surface area contributed by atoms with Crippen LogP contribution in [0, 0.1) is 0 Å². The van der Waals surface area contributed by atoms with Gasteiger partial charge < -0.3 is 19.5 Å². The van der Waals surface area contributed by atoms with Crippen LogP contribution in [0.5, 0.6) is 11.5 Å². The highest BCUT2D eigenvalue weighted by molar-refractivity contribution is 6.46. The first-order chi connectivity index (χ1) is 15.4. The summed E-state index contributed by atoms with van der Waals surface area (Å²) >= 11 is 0. The van der Waals surface area contributed by atoms with Crippen molar-refractivity contribution < 1.29 is 24.2 Å². The molecule has 2 aliphatic rings. The van der Waals surface area contributed by atoms with Crippen LogP contribution in [0.3, 0.4) is 0 Å². The molecule has 168 valence electrons. The number of aliphatic hydroxyl groups is 1. The van der Waals surface area contributed by atoms with Crippen LogP contribution in [0.2, 0.25) is 0 Å². The van der Waals surface area contributed by atoms with Crippen molar-refractivity contribution in [3.05, 3.63) is 64.7 Å². The Balaban J connectivity index is 1.82. The lowest BCUT2D eigenvalue weighted by molar-refractivity contribution is -0.139. The van der Waals surface area contributed by atoms with E-state index in [1.54, 1.807) is 17.0 Å². The predicted octanol–water partition coefficient (Wildman–Crippen LogP) is 4.63. The van der Waals surface area contributed by atoms with E-state index in [2.05, 4.69) is 0 Å². The molecule has 1 N–H and O–H groups in total. The number of hydrogen-bond donors (Lipinski definition) is 1. The number of nitrogens with zero attached hydrogens (tertiary/aromatic N) is 1. The summed E-state index contributed by atoms with van der Waals surface area (Å²) in [4.78, 5) is 27.7. The Kier molecular flexibility index (Phi) is 6.21. The van der Waals surface area contributed by atoms with Gasteiger partial charge >= 0.3 is 0 Å². The highest BCUT2D eigenvalue weighted by Gasteiger charge is 2.45. The first kappa shape index (κ1) is 21.9. The fourth-order valence-corrected chi connectivity index (χ4v) is 4.31. The van der Waals surface area contributed by atoms with Crippen LogP contribution < -0.4 is 9.47 Å². The molecule has 1 saturated heterocycles. The van der Waals surface area contributed by atoms with Gasteiger partial charge in [0, 0.05) is 18.5 Å². The van der Waals surface area contributed by atoms with Crippen LogP contribution in [0.1, 0.15) is 56.3 Å². The zero-order valence-corrected chi connectivity index (χ0v) is 18.8. The monoisotopic (exact) mass is 435 g/mol. The summed E-state index contributed by atoms with van der Waals surface area (Å²) in [5.41, 5.74) is 2.36. The fraction of sp³-hybridized carbons (Fsp3) is 0.385. The second-order valence-electron chi connectivity index (χ2n) is 8.51. The molecule has 0 saturated carbocycles. The molecule has 0 spiro atoms. The molecule has 0 aromatic heterocycles. The molecule has 1 fully saturated rings. The summed E-state index contributed by atoms with van der Waals surface area (Å²) in [5.74, 6) is 0.0609. The summed E-state index contributed by atoms with van der Waals surface area (Å²) in [5, 5.41) is 11.2. The number of ketones is 1. The maximum absolute atomic E-state index is 13.1. The standard InChI is InChI=1S/C26H29NO5/c1-4-5-12-27-23(18-7-6-8-20(15-18)32-16(2)3)22(25(29)26(27)30)24(28)19-9-10-21-17(14-19)11-13-31-21/h6-10,14-16,23,28H,4-5,11-13H2,1-3H3/b24-22-. The highest BCUT2D eigenvalue weighted by Crippen LogP contribution is 2.41. The maximum Gasteiger partial charge on any atom is 0.295 e. The smallest absolute Gasteiger partial charge is 0.295 e. The van der Waals surface area contributed by atoms with E-state index in [0.29, 0.717) is 24.5 Å². The molecule has 2 heterocycles. The van der Waals surface area contributed by atoms with Crippen molar-refractivity contribution >= 4 is 17.4 Å². The van der Waals surface area contributed by atoms with Crippen molar-refractivity contribution in [3.63, 3.8) is 0 Å². The van der Waals surface area contributed by atoms with Gasteiger partial charge in [0.2, 0.25) is 0 Å². The first-order valence-electron chi connectivity index (χ1n) is 11.2. The van der Waals surface area contributed by atoms with E-state index in [1.807, 2.05) is 51.1 Å². The number of rotatable bonds is 7. The molecule has 1 atom stereocenters. The van der Waals surface area contributed by atoms with Crippen molar-refractivity contribution in [1.29, 1.82) is 0 Å². The van der Waals surface area contributed by atoms with Gasteiger partial charge in [0.1, 0.15) is 17.3 Å². The highest BCUT2D eigenvalue weighted by atomic mass is 16.5. The zero-order chi connectivity index (χ0) is 22.8. The number of ether oxygens (including phenoxy) is 2. The van der Waals surface area contributed by atoms with E-state index < -0.39 is 17.7 Å². The largest absolute Gasteiger partial charge is 0.507 e.